The van der Waals surface area contributed by atoms with Crippen LogP contribution in [0.5, 0.6) is 0 Å². The molecule has 0 unspecified atom stereocenters. The summed E-state index contributed by atoms with van der Waals surface area (Å²) in [5.74, 6) is -1.27. The van der Waals surface area contributed by atoms with Gasteiger partial charge in [0.05, 0.1) is 27.2 Å². The van der Waals surface area contributed by atoms with E-state index in [4.69, 9.17) is 0 Å². The lowest BCUT2D eigenvalue weighted by atomic mass is 10.2. The Morgan fingerprint density at radius 3 is 2.28 bits per heavy atom. The number of esters is 1. The van der Waals surface area contributed by atoms with Gasteiger partial charge in [0.2, 0.25) is 0 Å². The monoisotopic (exact) mass is 416 g/mol. The summed E-state index contributed by atoms with van der Waals surface area (Å²) < 4.78 is 6.53. The average molecular weight is 416 g/mol. The molecule has 0 aliphatic rings. The van der Waals surface area contributed by atoms with Gasteiger partial charge in [-0.25, -0.2) is 0 Å². The maximum absolute atomic E-state index is 12.5. The van der Waals surface area contributed by atoms with E-state index in [1.165, 1.54) is 54.1 Å². The van der Waals surface area contributed by atoms with Gasteiger partial charge in [0, 0.05) is 29.8 Å². The molecule has 0 saturated heterocycles. The fourth-order valence-corrected chi connectivity index (χ4v) is 3.55. The minimum atomic E-state index is -0.681. The quantitative estimate of drug-likeness (QED) is 0.352. The maximum atomic E-state index is 12.5. The van der Waals surface area contributed by atoms with Crippen LogP contribution in [0.4, 0.5) is 11.4 Å². The van der Waals surface area contributed by atoms with Crippen molar-refractivity contribution in [2.45, 2.75) is 6.54 Å². The lowest BCUT2D eigenvalue weighted by Crippen LogP contribution is -2.22. The van der Waals surface area contributed by atoms with Gasteiger partial charge in [-0.05, 0) is 18.2 Å². The van der Waals surface area contributed by atoms with Crippen LogP contribution in [0, 0.1) is 20.2 Å². The maximum Gasteiger partial charge on any atom is 0.325 e. The van der Waals surface area contributed by atoms with E-state index in [1.807, 2.05) is 0 Å². The number of non-ortho nitro benzene ring substituents is 2. The summed E-state index contributed by atoms with van der Waals surface area (Å²) >= 11 is 0.994. The molecule has 11 nitrogen and oxygen atoms in total. The largest absolute Gasteiger partial charge is 0.468 e. The number of hydrogen-bond acceptors (Lipinski definition) is 8. The highest BCUT2D eigenvalue weighted by atomic mass is 32.1. The van der Waals surface area contributed by atoms with Crippen LogP contribution in [0.2, 0.25) is 0 Å². The molecule has 0 N–H and O–H groups in total. The normalized spacial score (nSPS) is 11.4. The Kier molecular flexibility index (Phi) is 5.45. The van der Waals surface area contributed by atoms with Gasteiger partial charge in [0.15, 0.2) is 4.80 Å². The Hall–Kier alpha value is -3.93. The molecule has 12 heteroatoms. The highest BCUT2D eigenvalue weighted by molar-refractivity contribution is 7.16. The van der Waals surface area contributed by atoms with Gasteiger partial charge in [-0.2, -0.15) is 4.99 Å². The number of ether oxygens (including phenoxy) is 1. The van der Waals surface area contributed by atoms with E-state index in [9.17, 15) is 29.8 Å². The minimum absolute atomic E-state index is 0.114. The first-order chi connectivity index (χ1) is 13.8. The van der Waals surface area contributed by atoms with Gasteiger partial charge in [-0.1, -0.05) is 11.3 Å². The van der Waals surface area contributed by atoms with E-state index in [-0.39, 0.29) is 28.3 Å². The van der Waals surface area contributed by atoms with Crippen LogP contribution in [0.3, 0.4) is 0 Å². The number of hydrogen-bond donors (Lipinski definition) is 0. The van der Waals surface area contributed by atoms with Crippen molar-refractivity contribution in [3.05, 3.63) is 73.1 Å². The summed E-state index contributed by atoms with van der Waals surface area (Å²) in [6.07, 6.45) is 0. The summed E-state index contributed by atoms with van der Waals surface area (Å²) in [5, 5.41) is 21.7. The number of nitrogens with zero attached hydrogens (tertiary/aromatic N) is 4. The van der Waals surface area contributed by atoms with Crippen molar-refractivity contribution < 1.29 is 24.2 Å². The summed E-state index contributed by atoms with van der Waals surface area (Å²) in [6, 6.07) is 8.97. The predicted octanol–water partition coefficient (Wildman–Crippen LogP) is 2.43. The number of nitro benzene ring substituents is 2. The summed E-state index contributed by atoms with van der Waals surface area (Å²) in [4.78, 5) is 49.0. The van der Waals surface area contributed by atoms with Crippen molar-refractivity contribution in [2.75, 3.05) is 7.11 Å². The van der Waals surface area contributed by atoms with Gasteiger partial charge in [0.25, 0.3) is 17.3 Å². The first kappa shape index (κ1) is 19.8. The van der Waals surface area contributed by atoms with Crippen molar-refractivity contribution in [1.82, 2.24) is 4.57 Å². The molecule has 0 atom stereocenters. The number of nitro groups is 2. The number of aromatic nitrogens is 1. The highest BCUT2D eigenvalue weighted by Gasteiger charge is 2.16. The lowest BCUT2D eigenvalue weighted by Gasteiger charge is -2.03. The van der Waals surface area contributed by atoms with Crippen LogP contribution in [0.1, 0.15) is 10.4 Å². The molecule has 3 aromatic rings. The highest BCUT2D eigenvalue weighted by Crippen LogP contribution is 2.23. The molecule has 0 bridgehead atoms. The SMILES string of the molecule is COC(=O)Cn1c(=NC(=O)c2ccc([N+](=O)[O-])cc2)sc2cc([N+](=O)[O-])ccc21. The molecule has 0 aliphatic carbocycles. The molecular weight excluding hydrogens is 404 g/mol. The smallest absolute Gasteiger partial charge is 0.325 e. The summed E-state index contributed by atoms with van der Waals surface area (Å²) in [5.41, 5.74) is 0.276. The van der Waals surface area contributed by atoms with Gasteiger partial charge in [-0.15, -0.1) is 0 Å². The molecule has 0 spiro atoms. The number of amides is 1. The average Bonchev–Trinajstić information content (AvgIpc) is 3.03. The second kappa shape index (κ2) is 7.98. The molecule has 0 radical (unpaired) electrons. The van der Waals surface area contributed by atoms with Gasteiger partial charge >= 0.3 is 5.97 Å². The second-order valence-corrected chi connectivity index (χ2v) is 6.69. The van der Waals surface area contributed by atoms with Crippen LogP contribution >= 0.6 is 11.3 Å². The van der Waals surface area contributed by atoms with Gasteiger partial charge in [0.1, 0.15) is 6.54 Å². The van der Waals surface area contributed by atoms with Crippen LogP contribution in [-0.2, 0) is 16.1 Å². The Morgan fingerprint density at radius 1 is 1.07 bits per heavy atom. The van der Waals surface area contributed by atoms with Crippen LogP contribution in [-0.4, -0.2) is 33.4 Å². The Morgan fingerprint density at radius 2 is 1.69 bits per heavy atom. The first-order valence-electron chi connectivity index (χ1n) is 7.98. The van der Waals surface area contributed by atoms with Crippen molar-refractivity contribution >= 4 is 44.8 Å². The molecule has 0 fully saturated rings. The van der Waals surface area contributed by atoms with E-state index < -0.39 is 21.7 Å². The molecule has 148 valence electrons. The number of benzene rings is 2. The zero-order valence-electron chi connectivity index (χ0n) is 14.8. The van der Waals surface area contributed by atoms with E-state index in [0.29, 0.717) is 10.2 Å². The summed E-state index contributed by atoms with van der Waals surface area (Å²) in [7, 11) is 1.21. The molecule has 1 heterocycles. The lowest BCUT2D eigenvalue weighted by molar-refractivity contribution is -0.385. The number of thiazole rings is 1. The predicted molar refractivity (Wildman–Crippen MR) is 101 cm³/mol. The fraction of sp³-hybridized carbons (Fsp3) is 0.118. The molecule has 1 amide bonds. The first-order valence-corrected chi connectivity index (χ1v) is 8.80. The Labute approximate surface area is 165 Å². The number of methoxy groups -OCH3 is 1. The van der Waals surface area contributed by atoms with Gasteiger partial charge in [-0.3, -0.25) is 29.8 Å². The van der Waals surface area contributed by atoms with Crippen molar-refractivity contribution in [3.63, 3.8) is 0 Å². The van der Waals surface area contributed by atoms with E-state index in [1.54, 1.807) is 0 Å². The molecule has 3 rings (SSSR count). The number of rotatable bonds is 5. The van der Waals surface area contributed by atoms with Crippen molar-refractivity contribution in [2.24, 2.45) is 4.99 Å². The summed E-state index contributed by atoms with van der Waals surface area (Å²) in [6.45, 7) is -0.249. The Bertz CT molecular complexity index is 1210. The standard InChI is InChI=1S/C17H12N4O7S/c1-28-15(22)9-19-13-7-6-12(21(26)27)8-14(13)29-17(19)18-16(23)10-2-4-11(5-3-10)20(24)25/h2-8H,9H2,1H3. The molecular formula is C17H12N4O7S. The number of carbonyl (C=O) groups is 2. The van der Waals surface area contributed by atoms with Crippen molar-refractivity contribution in [3.8, 4) is 0 Å². The third kappa shape index (κ3) is 4.16. The molecule has 29 heavy (non-hydrogen) atoms. The molecule has 1 aromatic heterocycles. The second-order valence-electron chi connectivity index (χ2n) is 5.68. The zero-order valence-corrected chi connectivity index (χ0v) is 15.6. The third-order valence-electron chi connectivity index (χ3n) is 3.91. The fourth-order valence-electron chi connectivity index (χ4n) is 2.48. The van der Waals surface area contributed by atoms with Crippen LogP contribution in [0.25, 0.3) is 10.2 Å². The van der Waals surface area contributed by atoms with E-state index in [2.05, 4.69) is 9.73 Å². The van der Waals surface area contributed by atoms with Crippen molar-refractivity contribution in [1.29, 1.82) is 0 Å². The topological polar surface area (TPSA) is 147 Å². The molecule has 0 saturated carbocycles. The third-order valence-corrected chi connectivity index (χ3v) is 4.96. The number of carbonyl (C=O) groups excluding carboxylic acids is 2. The zero-order chi connectivity index (χ0) is 21.1. The molecule has 2 aromatic carbocycles. The minimum Gasteiger partial charge on any atom is -0.468 e. The Balaban J connectivity index is 2.11. The number of fused-ring (bicyclic) bond motifs is 1. The van der Waals surface area contributed by atoms with E-state index >= 15 is 0 Å². The van der Waals surface area contributed by atoms with Gasteiger partial charge < -0.3 is 9.30 Å². The van der Waals surface area contributed by atoms with Crippen LogP contribution < -0.4 is 4.80 Å². The van der Waals surface area contributed by atoms with E-state index in [0.717, 1.165) is 11.3 Å². The van der Waals surface area contributed by atoms with Crippen LogP contribution in [0.15, 0.2) is 47.5 Å². The molecule has 0 aliphatic heterocycles.